The normalized spacial score (nSPS) is 11.0. The molecule has 2 heterocycles. The van der Waals surface area contributed by atoms with Gasteiger partial charge in [-0.2, -0.15) is 0 Å². The molecule has 4 rings (SSSR count). The van der Waals surface area contributed by atoms with E-state index < -0.39 is 11.6 Å². The lowest BCUT2D eigenvalue weighted by atomic mass is 10.0. The lowest BCUT2D eigenvalue weighted by Gasteiger charge is -2.06. The van der Waals surface area contributed by atoms with Crippen molar-refractivity contribution >= 4 is 27.5 Å². The number of nitrogens with zero attached hydrogens (tertiary/aromatic N) is 1. The summed E-state index contributed by atoms with van der Waals surface area (Å²) in [6, 6.07) is 14.7. The third kappa shape index (κ3) is 4.02. The Balaban J connectivity index is 1.61. The second kappa shape index (κ2) is 8.20. The Hall–Kier alpha value is -3.32. The average Bonchev–Trinajstić information content (AvgIpc) is 3.20. The van der Waals surface area contributed by atoms with Gasteiger partial charge in [-0.25, -0.2) is 8.78 Å². The molecule has 4 aromatic rings. The van der Waals surface area contributed by atoms with Crippen molar-refractivity contribution in [3.63, 3.8) is 0 Å². The number of fused-ring (bicyclic) bond motifs is 1. The first-order chi connectivity index (χ1) is 14.4. The third-order valence-corrected chi connectivity index (χ3v) is 6.04. The van der Waals surface area contributed by atoms with Crippen LogP contribution in [0.1, 0.15) is 26.4 Å². The number of hydrogen-bond acceptors (Lipinski definition) is 3. The van der Waals surface area contributed by atoms with Gasteiger partial charge in [-0.1, -0.05) is 36.4 Å². The van der Waals surface area contributed by atoms with Crippen LogP contribution in [0.15, 0.2) is 65.6 Å². The van der Waals surface area contributed by atoms with E-state index in [-0.39, 0.29) is 17.8 Å². The van der Waals surface area contributed by atoms with Crippen molar-refractivity contribution in [2.45, 2.75) is 13.0 Å². The molecule has 1 N–H and O–H groups in total. The maximum Gasteiger partial charge on any atom is 0.261 e. The maximum absolute atomic E-state index is 13.5. The highest BCUT2D eigenvalue weighted by Crippen LogP contribution is 2.24. The molecule has 1 amide bonds. The summed E-state index contributed by atoms with van der Waals surface area (Å²) in [5, 5.41) is 3.30. The molecule has 4 nitrogen and oxygen atoms in total. The van der Waals surface area contributed by atoms with E-state index in [1.165, 1.54) is 17.4 Å². The summed E-state index contributed by atoms with van der Waals surface area (Å²) in [5.74, 6) is -2.12. The summed E-state index contributed by atoms with van der Waals surface area (Å²) in [7, 11) is 1.79. The van der Waals surface area contributed by atoms with Gasteiger partial charge in [-0.3, -0.25) is 9.59 Å². The van der Waals surface area contributed by atoms with E-state index in [1.54, 1.807) is 23.9 Å². The number of halogens is 2. The van der Waals surface area contributed by atoms with E-state index in [0.29, 0.717) is 32.8 Å². The predicted octanol–water partition coefficient (Wildman–Crippen LogP) is 4.40. The largest absolute Gasteiger partial charge is 0.347 e. The Bertz CT molecular complexity index is 1300. The van der Waals surface area contributed by atoms with Gasteiger partial charge in [0.2, 0.25) is 0 Å². The molecule has 0 aliphatic carbocycles. The quantitative estimate of drug-likeness (QED) is 0.516. The lowest BCUT2D eigenvalue weighted by molar-refractivity contribution is 0.0955. The fourth-order valence-corrected chi connectivity index (χ4v) is 4.31. The number of benzene rings is 2. The molecule has 2 aromatic carbocycles. The van der Waals surface area contributed by atoms with Crippen molar-refractivity contribution in [1.82, 2.24) is 9.88 Å². The summed E-state index contributed by atoms with van der Waals surface area (Å²) in [6.07, 6.45) is 1.85. The molecule has 30 heavy (non-hydrogen) atoms. The molecule has 0 atom stereocenters. The van der Waals surface area contributed by atoms with Crippen molar-refractivity contribution in [2.24, 2.45) is 7.05 Å². The third-order valence-electron chi connectivity index (χ3n) is 4.82. The molecule has 0 aliphatic rings. The standard InChI is InChI=1S/C23H18F2N2O2S/c1-27-13-16(9-15-7-8-18(24)19(25)10-15)21(28)17-11-20(30-23(17)27)22(29)26-12-14-5-3-2-4-6-14/h2-8,10-11,13H,9,12H2,1H3,(H,26,29). The zero-order valence-electron chi connectivity index (χ0n) is 16.1. The smallest absolute Gasteiger partial charge is 0.261 e. The molecular formula is C23H18F2N2O2S. The summed E-state index contributed by atoms with van der Waals surface area (Å²) in [5.41, 5.74) is 1.72. The SMILES string of the molecule is Cn1cc(Cc2ccc(F)c(F)c2)c(=O)c2cc(C(=O)NCc3ccccc3)sc21. The first-order valence-electron chi connectivity index (χ1n) is 9.30. The second-order valence-corrected chi connectivity index (χ2v) is 8.05. The number of thiophene rings is 1. The molecular weight excluding hydrogens is 406 g/mol. The number of hydrogen-bond donors (Lipinski definition) is 1. The Morgan fingerprint density at radius 2 is 1.80 bits per heavy atom. The number of nitrogens with one attached hydrogen (secondary N) is 1. The molecule has 0 saturated heterocycles. The van der Waals surface area contributed by atoms with Gasteiger partial charge in [0.05, 0.1) is 10.3 Å². The molecule has 0 fully saturated rings. The molecule has 2 aromatic heterocycles. The highest BCUT2D eigenvalue weighted by molar-refractivity contribution is 7.20. The minimum Gasteiger partial charge on any atom is -0.347 e. The predicted molar refractivity (Wildman–Crippen MR) is 114 cm³/mol. The molecule has 152 valence electrons. The van der Waals surface area contributed by atoms with E-state index in [4.69, 9.17) is 0 Å². The minimum absolute atomic E-state index is 0.172. The van der Waals surface area contributed by atoms with Crippen molar-refractivity contribution in [3.05, 3.63) is 104 Å². The molecule has 7 heteroatoms. The molecule has 0 unspecified atom stereocenters. The van der Waals surface area contributed by atoms with Crippen LogP contribution in [0.25, 0.3) is 10.2 Å². The van der Waals surface area contributed by atoms with E-state index in [1.807, 2.05) is 30.3 Å². The minimum atomic E-state index is -0.946. The number of carbonyl (C=O) groups excluding carboxylic acids is 1. The van der Waals surface area contributed by atoms with Gasteiger partial charge in [-0.15, -0.1) is 11.3 Å². The first-order valence-corrected chi connectivity index (χ1v) is 10.1. The van der Waals surface area contributed by atoms with Crippen LogP contribution in [-0.4, -0.2) is 10.5 Å². The van der Waals surface area contributed by atoms with Crippen molar-refractivity contribution in [3.8, 4) is 0 Å². The molecule has 0 aliphatic heterocycles. The molecule has 0 bridgehead atoms. The van der Waals surface area contributed by atoms with Gasteiger partial charge in [0.25, 0.3) is 5.91 Å². The first kappa shape index (κ1) is 20.0. The number of amides is 1. The van der Waals surface area contributed by atoms with Crippen molar-refractivity contribution in [2.75, 3.05) is 0 Å². The zero-order valence-corrected chi connectivity index (χ0v) is 16.9. The van der Waals surface area contributed by atoms with Crippen LogP contribution >= 0.6 is 11.3 Å². The Morgan fingerprint density at radius 1 is 1.03 bits per heavy atom. The van der Waals surface area contributed by atoms with Crippen LogP contribution < -0.4 is 10.7 Å². The summed E-state index contributed by atoms with van der Waals surface area (Å²) in [4.78, 5) is 26.6. The Kier molecular flexibility index (Phi) is 5.46. The number of pyridine rings is 1. The van der Waals surface area contributed by atoms with E-state index in [0.717, 1.165) is 17.7 Å². The fourth-order valence-electron chi connectivity index (χ4n) is 3.30. The van der Waals surface area contributed by atoms with Gasteiger partial charge < -0.3 is 9.88 Å². The lowest BCUT2D eigenvalue weighted by Crippen LogP contribution is -2.21. The van der Waals surface area contributed by atoms with Crippen molar-refractivity contribution < 1.29 is 13.6 Å². The zero-order chi connectivity index (χ0) is 21.3. The number of aryl methyl sites for hydroxylation is 1. The fraction of sp³-hybridized carbons (Fsp3) is 0.130. The summed E-state index contributed by atoms with van der Waals surface area (Å²) in [6.45, 7) is 0.395. The maximum atomic E-state index is 13.5. The van der Waals surface area contributed by atoms with E-state index in [9.17, 15) is 18.4 Å². The summed E-state index contributed by atoms with van der Waals surface area (Å²) < 4.78 is 28.4. The number of aromatic nitrogens is 1. The van der Waals surface area contributed by atoms with Crippen molar-refractivity contribution in [1.29, 1.82) is 0 Å². The van der Waals surface area contributed by atoms with Crippen LogP contribution in [0.3, 0.4) is 0 Å². The number of carbonyl (C=O) groups is 1. The van der Waals surface area contributed by atoms with Crippen LogP contribution in [0.2, 0.25) is 0 Å². The highest BCUT2D eigenvalue weighted by atomic mass is 32.1. The molecule has 0 saturated carbocycles. The van der Waals surface area contributed by atoms with Crippen LogP contribution in [0.4, 0.5) is 8.78 Å². The van der Waals surface area contributed by atoms with Crippen LogP contribution in [-0.2, 0) is 20.0 Å². The average molecular weight is 424 g/mol. The van der Waals surface area contributed by atoms with Gasteiger partial charge in [0.15, 0.2) is 17.1 Å². The summed E-state index contributed by atoms with van der Waals surface area (Å²) >= 11 is 1.24. The van der Waals surface area contributed by atoms with E-state index >= 15 is 0 Å². The monoisotopic (exact) mass is 424 g/mol. The Labute approximate surface area is 175 Å². The molecule has 0 radical (unpaired) electrons. The van der Waals surface area contributed by atoms with Crippen LogP contribution in [0, 0.1) is 11.6 Å². The molecule has 0 spiro atoms. The van der Waals surface area contributed by atoms with Crippen LogP contribution in [0.5, 0.6) is 0 Å². The number of rotatable bonds is 5. The van der Waals surface area contributed by atoms with Gasteiger partial charge >= 0.3 is 0 Å². The van der Waals surface area contributed by atoms with Gasteiger partial charge in [0, 0.05) is 31.8 Å². The van der Waals surface area contributed by atoms with E-state index in [2.05, 4.69) is 5.32 Å². The highest BCUT2D eigenvalue weighted by Gasteiger charge is 2.16. The Morgan fingerprint density at radius 3 is 2.53 bits per heavy atom. The second-order valence-electron chi connectivity index (χ2n) is 7.02. The van der Waals surface area contributed by atoms with Gasteiger partial charge in [0.1, 0.15) is 4.83 Å². The topological polar surface area (TPSA) is 51.1 Å². The van der Waals surface area contributed by atoms with Gasteiger partial charge in [-0.05, 0) is 29.3 Å².